The van der Waals surface area contributed by atoms with E-state index >= 15 is 0 Å². The molecule has 5 nitrogen and oxygen atoms in total. The molecule has 0 aliphatic heterocycles. The molecular formula is C12H19N5. The van der Waals surface area contributed by atoms with Gasteiger partial charge in [-0.05, 0) is 25.8 Å². The quantitative estimate of drug-likeness (QED) is 0.606. The Hall–Kier alpha value is -1.65. The maximum atomic E-state index is 5.83. The van der Waals surface area contributed by atoms with Crippen molar-refractivity contribution >= 4 is 5.96 Å². The number of hydrogen-bond acceptors (Lipinski definition) is 3. The first-order chi connectivity index (χ1) is 8.24. The molecule has 92 valence electrons. The van der Waals surface area contributed by atoms with Crippen molar-refractivity contribution < 1.29 is 0 Å². The first-order valence-corrected chi connectivity index (χ1v) is 6.09. The summed E-state index contributed by atoms with van der Waals surface area (Å²) in [4.78, 5) is 12.6. The Labute approximate surface area is 102 Å². The molecule has 0 amide bonds. The van der Waals surface area contributed by atoms with Crippen molar-refractivity contribution in [1.29, 1.82) is 0 Å². The highest BCUT2D eigenvalue weighted by atomic mass is 15.1. The van der Waals surface area contributed by atoms with Gasteiger partial charge in [-0.1, -0.05) is 12.8 Å². The molecular weight excluding hydrogens is 214 g/mol. The molecule has 1 heterocycles. The van der Waals surface area contributed by atoms with Gasteiger partial charge in [0.25, 0.3) is 0 Å². The van der Waals surface area contributed by atoms with Crippen LogP contribution in [-0.4, -0.2) is 22.0 Å². The molecule has 0 bridgehead atoms. The average molecular weight is 233 g/mol. The third-order valence-corrected chi connectivity index (χ3v) is 2.95. The molecule has 0 atom stereocenters. The van der Waals surface area contributed by atoms with E-state index in [1.807, 2.05) is 13.0 Å². The highest BCUT2D eigenvalue weighted by Crippen LogP contribution is 2.17. The highest BCUT2D eigenvalue weighted by Gasteiger charge is 2.14. The molecule has 17 heavy (non-hydrogen) atoms. The van der Waals surface area contributed by atoms with E-state index in [9.17, 15) is 0 Å². The van der Waals surface area contributed by atoms with E-state index in [0.717, 1.165) is 11.5 Å². The first-order valence-electron chi connectivity index (χ1n) is 6.09. The van der Waals surface area contributed by atoms with Crippen molar-refractivity contribution in [3.63, 3.8) is 0 Å². The van der Waals surface area contributed by atoms with E-state index in [1.54, 1.807) is 6.20 Å². The smallest absolute Gasteiger partial charge is 0.189 e. The van der Waals surface area contributed by atoms with E-state index in [-0.39, 0.29) is 0 Å². The predicted molar refractivity (Wildman–Crippen MR) is 67.5 cm³/mol. The third-order valence-electron chi connectivity index (χ3n) is 2.95. The molecule has 1 aromatic rings. The van der Waals surface area contributed by atoms with Crippen LogP contribution in [0.4, 0.5) is 0 Å². The van der Waals surface area contributed by atoms with E-state index in [2.05, 4.69) is 20.3 Å². The SMILES string of the molecule is Cc1nccc(CN=C(N)NC2CCCC2)n1. The van der Waals surface area contributed by atoms with Gasteiger partial charge in [0, 0.05) is 12.2 Å². The van der Waals surface area contributed by atoms with Crippen LogP contribution in [0.3, 0.4) is 0 Å². The molecule has 1 fully saturated rings. The second kappa shape index (κ2) is 5.61. The molecule has 0 aromatic carbocycles. The summed E-state index contributed by atoms with van der Waals surface area (Å²) in [6.07, 6.45) is 6.71. The number of guanidine groups is 1. The topological polar surface area (TPSA) is 76.2 Å². The summed E-state index contributed by atoms with van der Waals surface area (Å²) in [6.45, 7) is 2.38. The standard InChI is InChI=1S/C12H19N5/c1-9-14-7-6-11(16-9)8-15-12(13)17-10-4-2-3-5-10/h6-7,10H,2-5,8H2,1H3,(H3,13,15,17). The van der Waals surface area contributed by atoms with Crippen LogP contribution in [0.5, 0.6) is 0 Å². The first kappa shape index (κ1) is 11.8. The van der Waals surface area contributed by atoms with Gasteiger partial charge in [-0.2, -0.15) is 0 Å². The second-order valence-electron chi connectivity index (χ2n) is 4.42. The van der Waals surface area contributed by atoms with Crippen LogP contribution in [0.2, 0.25) is 0 Å². The summed E-state index contributed by atoms with van der Waals surface area (Å²) >= 11 is 0. The number of nitrogens with zero attached hydrogens (tertiary/aromatic N) is 3. The van der Waals surface area contributed by atoms with Crippen molar-refractivity contribution in [2.75, 3.05) is 0 Å². The lowest BCUT2D eigenvalue weighted by Gasteiger charge is -2.12. The zero-order valence-corrected chi connectivity index (χ0v) is 10.2. The summed E-state index contributed by atoms with van der Waals surface area (Å²) in [5.41, 5.74) is 6.73. The minimum Gasteiger partial charge on any atom is -0.370 e. The maximum absolute atomic E-state index is 5.83. The van der Waals surface area contributed by atoms with Crippen LogP contribution in [-0.2, 0) is 6.54 Å². The zero-order chi connectivity index (χ0) is 12.1. The largest absolute Gasteiger partial charge is 0.370 e. The summed E-state index contributed by atoms with van der Waals surface area (Å²) in [5, 5.41) is 3.25. The lowest BCUT2D eigenvalue weighted by atomic mass is 10.2. The zero-order valence-electron chi connectivity index (χ0n) is 10.2. The monoisotopic (exact) mass is 233 g/mol. The van der Waals surface area contributed by atoms with Crippen LogP contribution in [0.15, 0.2) is 17.3 Å². The fourth-order valence-electron chi connectivity index (χ4n) is 2.08. The van der Waals surface area contributed by atoms with Gasteiger partial charge in [0.1, 0.15) is 5.82 Å². The van der Waals surface area contributed by atoms with Gasteiger partial charge < -0.3 is 11.1 Å². The molecule has 0 unspecified atom stereocenters. The molecule has 3 N–H and O–H groups in total. The maximum Gasteiger partial charge on any atom is 0.189 e. The van der Waals surface area contributed by atoms with Gasteiger partial charge in [-0.3, -0.25) is 0 Å². The number of nitrogens with one attached hydrogen (secondary N) is 1. The van der Waals surface area contributed by atoms with Gasteiger partial charge in [0.15, 0.2) is 5.96 Å². The van der Waals surface area contributed by atoms with Gasteiger partial charge in [-0.15, -0.1) is 0 Å². The molecule has 1 aliphatic rings. The van der Waals surface area contributed by atoms with Crippen molar-refractivity contribution in [3.05, 3.63) is 23.8 Å². The number of aryl methyl sites for hydroxylation is 1. The highest BCUT2D eigenvalue weighted by molar-refractivity contribution is 5.78. The van der Waals surface area contributed by atoms with Crippen LogP contribution in [0.25, 0.3) is 0 Å². The van der Waals surface area contributed by atoms with Gasteiger partial charge >= 0.3 is 0 Å². The van der Waals surface area contributed by atoms with Crippen molar-refractivity contribution in [2.24, 2.45) is 10.7 Å². The third kappa shape index (κ3) is 3.69. The minimum absolute atomic E-state index is 0.505. The number of aromatic nitrogens is 2. The summed E-state index contributed by atoms with van der Waals surface area (Å²) in [7, 11) is 0. The van der Waals surface area contributed by atoms with E-state index in [0.29, 0.717) is 18.5 Å². The summed E-state index contributed by atoms with van der Waals surface area (Å²) in [6, 6.07) is 2.37. The van der Waals surface area contributed by atoms with Crippen LogP contribution in [0, 0.1) is 6.92 Å². The van der Waals surface area contributed by atoms with Gasteiger partial charge in [0.05, 0.1) is 12.2 Å². The molecule has 0 saturated heterocycles. The van der Waals surface area contributed by atoms with Gasteiger partial charge in [0.2, 0.25) is 0 Å². The van der Waals surface area contributed by atoms with Crippen molar-refractivity contribution in [3.8, 4) is 0 Å². The Bertz CT molecular complexity index is 396. The Balaban J connectivity index is 1.86. The minimum atomic E-state index is 0.505. The number of hydrogen-bond donors (Lipinski definition) is 2. The van der Waals surface area contributed by atoms with Crippen LogP contribution >= 0.6 is 0 Å². The van der Waals surface area contributed by atoms with E-state index < -0.39 is 0 Å². The lowest BCUT2D eigenvalue weighted by molar-refractivity contribution is 0.625. The fourth-order valence-corrected chi connectivity index (χ4v) is 2.08. The Morgan fingerprint density at radius 2 is 2.29 bits per heavy atom. The predicted octanol–water partition coefficient (Wildman–Crippen LogP) is 1.13. The Morgan fingerprint density at radius 1 is 1.53 bits per heavy atom. The number of aliphatic imine (C=N–C) groups is 1. The van der Waals surface area contributed by atoms with Crippen LogP contribution in [0.1, 0.15) is 37.2 Å². The Kier molecular flexibility index (Phi) is 3.90. The molecule has 1 saturated carbocycles. The molecule has 1 aromatic heterocycles. The number of rotatable bonds is 3. The van der Waals surface area contributed by atoms with Crippen molar-refractivity contribution in [2.45, 2.75) is 45.2 Å². The number of nitrogens with two attached hydrogens (primary N) is 1. The lowest BCUT2D eigenvalue weighted by Crippen LogP contribution is -2.38. The van der Waals surface area contributed by atoms with Gasteiger partial charge in [-0.25, -0.2) is 15.0 Å². The normalized spacial score (nSPS) is 17.4. The summed E-state index contributed by atoms with van der Waals surface area (Å²) in [5.74, 6) is 1.29. The van der Waals surface area contributed by atoms with E-state index in [1.165, 1.54) is 25.7 Å². The average Bonchev–Trinajstić information content (AvgIpc) is 2.79. The van der Waals surface area contributed by atoms with E-state index in [4.69, 9.17) is 5.73 Å². The molecule has 2 rings (SSSR count). The van der Waals surface area contributed by atoms with Crippen molar-refractivity contribution in [1.82, 2.24) is 15.3 Å². The van der Waals surface area contributed by atoms with Crippen LogP contribution < -0.4 is 11.1 Å². The molecule has 1 aliphatic carbocycles. The fraction of sp³-hybridized carbons (Fsp3) is 0.583. The Morgan fingerprint density at radius 3 is 3.00 bits per heavy atom. The summed E-state index contributed by atoms with van der Waals surface area (Å²) < 4.78 is 0. The molecule has 0 radical (unpaired) electrons. The molecule has 0 spiro atoms. The second-order valence-corrected chi connectivity index (χ2v) is 4.42. The molecule has 5 heteroatoms.